The van der Waals surface area contributed by atoms with Crippen molar-refractivity contribution >= 4 is 39.6 Å². The highest BCUT2D eigenvalue weighted by molar-refractivity contribution is 9.10. The maximum atomic E-state index is 13.6. The number of fused-ring (bicyclic) bond motifs is 1. The second-order valence-electron chi connectivity index (χ2n) is 5.64. The summed E-state index contributed by atoms with van der Waals surface area (Å²) in [6, 6.07) is 9.28. The Hall–Kier alpha value is -2.87. The number of amides is 1. The molecule has 0 unspecified atom stereocenters. The molecule has 0 saturated heterocycles. The highest BCUT2D eigenvalue weighted by Gasteiger charge is 2.19. The summed E-state index contributed by atoms with van der Waals surface area (Å²) in [7, 11) is 0. The zero-order chi connectivity index (χ0) is 19.4. The van der Waals surface area contributed by atoms with Gasteiger partial charge in [-0.2, -0.15) is 0 Å². The van der Waals surface area contributed by atoms with E-state index >= 15 is 0 Å². The van der Waals surface area contributed by atoms with Crippen LogP contribution in [0.15, 0.2) is 46.9 Å². The van der Waals surface area contributed by atoms with Gasteiger partial charge in [0.1, 0.15) is 5.82 Å². The molecule has 140 valence electrons. The molecule has 6 nitrogen and oxygen atoms in total. The first-order chi connectivity index (χ1) is 12.9. The van der Waals surface area contributed by atoms with Crippen LogP contribution in [0.25, 0.3) is 6.08 Å². The zero-order valence-corrected chi connectivity index (χ0v) is 15.8. The summed E-state index contributed by atoms with van der Waals surface area (Å²) in [6.07, 6.45) is 1.31. The fourth-order valence-corrected chi connectivity index (χ4v) is 2.66. The van der Waals surface area contributed by atoms with Gasteiger partial charge in [0.25, 0.3) is 5.91 Å². The number of carbonyl (C=O) groups is 2. The van der Waals surface area contributed by atoms with Crippen molar-refractivity contribution in [2.24, 2.45) is 0 Å². The minimum absolute atomic E-state index is 0.131. The summed E-state index contributed by atoms with van der Waals surface area (Å²) in [6.45, 7) is 1.57. The maximum Gasteiger partial charge on any atom is 0.331 e. The van der Waals surface area contributed by atoms with E-state index in [0.717, 1.165) is 6.08 Å². The van der Waals surface area contributed by atoms with Gasteiger partial charge in [-0.3, -0.25) is 4.79 Å². The molecule has 27 heavy (non-hydrogen) atoms. The Bertz CT molecular complexity index is 915. The quantitative estimate of drug-likeness (QED) is 0.569. The second kappa shape index (κ2) is 8.22. The molecule has 1 aliphatic heterocycles. The molecular weight excluding hydrogens is 421 g/mol. The van der Waals surface area contributed by atoms with E-state index in [2.05, 4.69) is 21.2 Å². The standard InChI is InChI=1S/C19H15BrFNO5/c1-11(19(24)22-14-4-6-16-17(9-14)26-10-25-16)27-18(23)7-2-12-8-13(20)3-5-15(12)21/h2-9,11H,10H2,1H3,(H,22,24)/b7-2+/t11-/m0/s1. The third-order valence-corrected chi connectivity index (χ3v) is 4.15. The first-order valence-electron chi connectivity index (χ1n) is 7.96. The Kier molecular flexibility index (Phi) is 5.75. The Morgan fingerprint density at radius 3 is 2.81 bits per heavy atom. The number of carbonyl (C=O) groups excluding carboxylic acids is 2. The Morgan fingerprint density at radius 1 is 1.22 bits per heavy atom. The number of benzene rings is 2. The lowest BCUT2D eigenvalue weighted by atomic mass is 10.2. The van der Waals surface area contributed by atoms with E-state index in [9.17, 15) is 14.0 Å². The molecule has 2 aromatic rings. The summed E-state index contributed by atoms with van der Waals surface area (Å²) >= 11 is 3.23. The van der Waals surface area contributed by atoms with Crippen molar-refractivity contribution in [3.05, 3.63) is 58.3 Å². The highest BCUT2D eigenvalue weighted by Crippen LogP contribution is 2.34. The van der Waals surface area contributed by atoms with E-state index in [0.29, 0.717) is 21.7 Å². The smallest absolute Gasteiger partial charge is 0.331 e. The molecule has 1 heterocycles. The van der Waals surface area contributed by atoms with Gasteiger partial charge in [0.2, 0.25) is 6.79 Å². The topological polar surface area (TPSA) is 73.9 Å². The van der Waals surface area contributed by atoms with Crippen LogP contribution < -0.4 is 14.8 Å². The van der Waals surface area contributed by atoms with Gasteiger partial charge in [-0.05, 0) is 43.3 Å². The third-order valence-electron chi connectivity index (χ3n) is 3.66. The van der Waals surface area contributed by atoms with E-state index < -0.39 is 23.8 Å². The maximum absolute atomic E-state index is 13.6. The van der Waals surface area contributed by atoms with Crippen LogP contribution in [0.3, 0.4) is 0 Å². The fourth-order valence-electron chi connectivity index (χ4n) is 2.29. The van der Waals surface area contributed by atoms with Crippen molar-refractivity contribution in [2.45, 2.75) is 13.0 Å². The van der Waals surface area contributed by atoms with E-state index in [4.69, 9.17) is 14.2 Å². The fraction of sp³-hybridized carbons (Fsp3) is 0.158. The molecule has 0 bridgehead atoms. The third kappa shape index (κ3) is 4.85. The monoisotopic (exact) mass is 435 g/mol. The van der Waals surface area contributed by atoms with Crippen molar-refractivity contribution in [3.63, 3.8) is 0 Å². The van der Waals surface area contributed by atoms with Crippen molar-refractivity contribution in [1.29, 1.82) is 0 Å². The molecule has 8 heteroatoms. The highest BCUT2D eigenvalue weighted by atomic mass is 79.9. The number of hydrogen-bond donors (Lipinski definition) is 1. The Balaban J connectivity index is 1.56. The summed E-state index contributed by atoms with van der Waals surface area (Å²) in [4.78, 5) is 24.0. The SMILES string of the molecule is C[C@H](OC(=O)/C=C/c1cc(Br)ccc1F)C(=O)Nc1ccc2c(c1)OCO2. The van der Waals surface area contributed by atoms with Crippen molar-refractivity contribution < 1.29 is 28.2 Å². The molecule has 1 amide bonds. The van der Waals surface area contributed by atoms with Crippen molar-refractivity contribution in [2.75, 3.05) is 12.1 Å². The molecule has 0 aromatic heterocycles. The number of halogens is 2. The first kappa shape index (κ1) is 18.9. The van der Waals surface area contributed by atoms with Gasteiger partial charge in [-0.15, -0.1) is 0 Å². The number of rotatable bonds is 5. The van der Waals surface area contributed by atoms with Crippen LogP contribution in [0.2, 0.25) is 0 Å². The normalized spacial score (nSPS) is 13.4. The van der Waals surface area contributed by atoms with E-state index in [1.54, 1.807) is 24.3 Å². The molecule has 0 spiro atoms. The van der Waals surface area contributed by atoms with Crippen LogP contribution >= 0.6 is 15.9 Å². The van der Waals surface area contributed by atoms with Gasteiger partial charge in [-0.25, -0.2) is 9.18 Å². The van der Waals surface area contributed by atoms with Gasteiger partial charge in [0, 0.05) is 27.9 Å². The summed E-state index contributed by atoms with van der Waals surface area (Å²) in [5, 5.41) is 2.63. The predicted molar refractivity (Wildman–Crippen MR) is 99.9 cm³/mol. The summed E-state index contributed by atoms with van der Waals surface area (Å²) in [5.74, 6) is -0.628. The van der Waals surface area contributed by atoms with Crippen LogP contribution in [0.5, 0.6) is 11.5 Å². The minimum Gasteiger partial charge on any atom is -0.454 e. The van der Waals surface area contributed by atoms with E-state index in [-0.39, 0.29) is 12.4 Å². The number of nitrogens with one attached hydrogen (secondary N) is 1. The molecule has 1 N–H and O–H groups in total. The molecule has 0 aliphatic carbocycles. The molecule has 1 aliphatic rings. The Labute approximate surface area is 163 Å². The van der Waals surface area contributed by atoms with Gasteiger partial charge in [0.05, 0.1) is 0 Å². The lowest BCUT2D eigenvalue weighted by molar-refractivity contribution is -0.148. The number of esters is 1. The largest absolute Gasteiger partial charge is 0.454 e. The van der Waals surface area contributed by atoms with Gasteiger partial charge in [0.15, 0.2) is 17.6 Å². The second-order valence-corrected chi connectivity index (χ2v) is 6.55. The van der Waals surface area contributed by atoms with Crippen LogP contribution in [0.4, 0.5) is 10.1 Å². The molecule has 2 aromatic carbocycles. The van der Waals surface area contributed by atoms with E-state index in [1.165, 1.54) is 25.1 Å². The molecule has 1 atom stereocenters. The van der Waals surface area contributed by atoms with Crippen LogP contribution in [0.1, 0.15) is 12.5 Å². The summed E-state index contributed by atoms with van der Waals surface area (Å²) in [5.41, 5.74) is 0.706. The van der Waals surface area contributed by atoms with E-state index in [1.807, 2.05) is 0 Å². The average Bonchev–Trinajstić information content (AvgIpc) is 3.10. The lowest BCUT2D eigenvalue weighted by Gasteiger charge is -2.12. The van der Waals surface area contributed by atoms with Gasteiger partial charge < -0.3 is 19.5 Å². The number of hydrogen-bond acceptors (Lipinski definition) is 5. The van der Waals surface area contributed by atoms with Gasteiger partial charge >= 0.3 is 5.97 Å². The minimum atomic E-state index is -1.04. The Morgan fingerprint density at radius 2 is 2.00 bits per heavy atom. The average molecular weight is 436 g/mol. The number of anilines is 1. The molecule has 0 radical (unpaired) electrons. The predicted octanol–water partition coefficient (Wildman–Crippen LogP) is 3.90. The van der Waals surface area contributed by atoms with Crippen molar-refractivity contribution in [3.8, 4) is 11.5 Å². The lowest BCUT2D eigenvalue weighted by Crippen LogP contribution is -2.29. The molecule has 3 rings (SSSR count). The zero-order valence-electron chi connectivity index (χ0n) is 14.2. The van der Waals surface area contributed by atoms with Crippen LogP contribution in [-0.4, -0.2) is 24.8 Å². The first-order valence-corrected chi connectivity index (χ1v) is 8.76. The van der Waals surface area contributed by atoms with Crippen LogP contribution in [0, 0.1) is 5.82 Å². The molecular formula is C19H15BrFNO5. The van der Waals surface area contributed by atoms with Crippen molar-refractivity contribution in [1.82, 2.24) is 0 Å². The van der Waals surface area contributed by atoms with Gasteiger partial charge in [-0.1, -0.05) is 15.9 Å². The van der Waals surface area contributed by atoms with Crippen LogP contribution in [-0.2, 0) is 14.3 Å². The molecule has 0 saturated carbocycles. The number of ether oxygens (including phenoxy) is 3. The summed E-state index contributed by atoms with van der Waals surface area (Å²) < 4.78 is 29.8. The molecule has 0 fully saturated rings.